The van der Waals surface area contributed by atoms with Crippen molar-refractivity contribution in [3.05, 3.63) is 29.6 Å². The van der Waals surface area contributed by atoms with Gasteiger partial charge in [-0.1, -0.05) is 5.92 Å². The minimum absolute atomic E-state index is 0.574. The summed E-state index contributed by atoms with van der Waals surface area (Å²) in [6.07, 6.45) is 8.67. The number of hydrogen-bond donors (Lipinski definition) is 1. The van der Waals surface area contributed by atoms with Gasteiger partial charge in [-0.3, -0.25) is 4.98 Å². The molecule has 54 valence electrons. The molecule has 0 fully saturated rings. The van der Waals surface area contributed by atoms with Crippen molar-refractivity contribution < 1.29 is 0 Å². The Morgan fingerprint density at radius 2 is 2.45 bits per heavy atom. The van der Waals surface area contributed by atoms with Gasteiger partial charge >= 0.3 is 0 Å². The van der Waals surface area contributed by atoms with E-state index in [1.54, 1.807) is 6.20 Å². The van der Waals surface area contributed by atoms with Crippen LogP contribution >= 0.6 is 0 Å². The molecule has 11 heavy (non-hydrogen) atoms. The SMILES string of the molecule is C#Cc1ccc(CC=N)nc1. The summed E-state index contributed by atoms with van der Waals surface area (Å²) in [5.41, 5.74) is 1.65. The van der Waals surface area contributed by atoms with Crippen molar-refractivity contribution in [1.82, 2.24) is 4.98 Å². The molecule has 0 aliphatic carbocycles. The number of hydrogen-bond acceptors (Lipinski definition) is 2. The molecule has 0 unspecified atom stereocenters. The first kappa shape index (κ1) is 7.49. The lowest BCUT2D eigenvalue weighted by molar-refractivity contribution is 1.14. The van der Waals surface area contributed by atoms with Gasteiger partial charge in [-0.2, -0.15) is 0 Å². The van der Waals surface area contributed by atoms with Crippen LogP contribution in [0.15, 0.2) is 18.3 Å². The Kier molecular flexibility index (Phi) is 2.40. The second-order valence-corrected chi connectivity index (χ2v) is 2.09. The van der Waals surface area contributed by atoms with E-state index in [2.05, 4.69) is 10.9 Å². The summed E-state index contributed by atoms with van der Waals surface area (Å²) in [7, 11) is 0. The minimum atomic E-state index is 0.574. The van der Waals surface area contributed by atoms with Gasteiger partial charge in [0, 0.05) is 30.1 Å². The zero-order valence-electron chi connectivity index (χ0n) is 6.04. The normalized spacial score (nSPS) is 8.64. The van der Waals surface area contributed by atoms with Crippen molar-refractivity contribution in [2.24, 2.45) is 0 Å². The average molecular weight is 144 g/mol. The van der Waals surface area contributed by atoms with Crippen molar-refractivity contribution in [3.8, 4) is 12.3 Å². The van der Waals surface area contributed by atoms with Crippen LogP contribution in [0.4, 0.5) is 0 Å². The largest absolute Gasteiger partial charge is 0.313 e. The zero-order valence-corrected chi connectivity index (χ0v) is 6.04. The highest BCUT2D eigenvalue weighted by Gasteiger charge is 1.90. The van der Waals surface area contributed by atoms with Gasteiger partial charge in [0.25, 0.3) is 0 Å². The lowest BCUT2D eigenvalue weighted by Crippen LogP contribution is -1.89. The van der Waals surface area contributed by atoms with Crippen LogP contribution in [0.25, 0.3) is 0 Å². The number of nitrogens with one attached hydrogen (secondary N) is 1. The zero-order chi connectivity index (χ0) is 8.10. The Labute approximate surface area is 65.8 Å². The van der Waals surface area contributed by atoms with Crippen LogP contribution in [-0.2, 0) is 6.42 Å². The van der Waals surface area contributed by atoms with E-state index < -0.39 is 0 Å². The van der Waals surface area contributed by atoms with Gasteiger partial charge in [-0.15, -0.1) is 6.42 Å². The fourth-order valence-corrected chi connectivity index (χ4v) is 0.735. The number of pyridine rings is 1. The van der Waals surface area contributed by atoms with Crippen molar-refractivity contribution in [2.75, 3.05) is 0 Å². The van der Waals surface area contributed by atoms with Gasteiger partial charge in [0.05, 0.1) is 0 Å². The third kappa shape index (κ3) is 1.91. The molecule has 0 aliphatic rings. The van der Waals surface area contributed by atoms with Crippen LogP contribution in [0.1, 0.15) is 11.3 Å². The lowest BCUT2D eigenvalue weighted by Gasteiger charge is -1.93. The minimum Gasteiger partial charge on any atom is -0.313 e. The van der Waals surface area contributed by atoms with Gasteiger partial charge in [-0.25, -0.2) is 0 Å². The fraction of sp³-hybridized carbons (Fsp3) is 0.111. The quantitative estimate of drug-likeness (QED) is 0.492. The molecular formula is C9H8N2. The highest BCUT2D eigenvalue weighted by atomic mass is 14.7. The van der Waals surface area contributed by atoms with Gasteiger partial charge in [0.2, 0.25) is 0 Å². The maximum atomic E-state index is 6.83. The molecule has 2 nitrogen and oxygen atoms in total. The Bertz CT molecular complexity index is 279. The van der Waals surface area contributed by atoms with Crippen LogP contribution in [0, 0.1) is 17.8 Å². The molecule has 0 radical (unpaired) electrons. The summed E-state index contributed by atoms with van der Waals surface area (Å²) in [6.45, 7) is 0. The van der Waals surface area contributed by atoms with E-state index in [1.807, 2.05) is 12.1 Å². The molecule has 0 aromatic carbocycles. The third-order valence-electron chi connectivity index (χ3n) is 1.30. The highest BCUT2D eigenvalue weighted by molar-refractivity contribution is 5.56. The molecule has 1 aromatic rings. The van der Waals surface area contributed by atoms with Crippen LogP contribution in [-0.4, -0.2) is 11.2 Å². The predicted molar refractivity (Wildman–Crippen MR) is 44.7 cm³/mol. The lowest BCUT2D eigenvalue weighted by atomic mass is 10.2. The van der Waals surface area contributed by atoms with E-state index in [0.717, 1.165) is 11.3 Å². The van der Waals surface area contributed by atoms with Crippen LogP contribution < -0.4 is 0 Å². The molecule has 0 spiro atoms. The smallest absolute Gasteiger partial charge is 0.0457 e. The van der Waals surface area contributed by atoms with E-state index in [9.17, 15) is 0 Å². The summed E-state index contributed by atoms with van der Waals surface area (Å²) in [6, 6.07) is 3.66. The molecule has 1 rings (SSSR count). The van der Waals surface area contributed by atoms with E-state index >= 15 is 0 Å². The molecule has 1 heterocycles. The first-order valence-corrected chi connectivity index (χ1v) is 3.27. The maximum Gasteiger partial charge on any atom is 0.0457 e. The first-order chi connectivity index (χ1) is 5.36. The fourth-order valence-electron chi connectivity index (χ4n) is 0.735. The molecule has 1 N–H and O–H groups in total. The summed E-state index contributed by atoms with van der Waals surface area (Å²) >= 11 is 0. The monoisotopic (exact) mass is 144 g/mol. The molecule has 0 saturated carbocycles. The average Bonchev–Trinajstić information content (AvgIpc) is 2.07. The van der Waals surface area contributed by atoms with Gasteiger partial charge in [0.1, 0.15) is 0 Å². The second kappa shape index (κ2) is 3.52. The number of rotatable bonds is 2. The summed E-state index contributed by atoms with van der Waals surface area (Å²) in [5.74, 6) is 2.48. The predicted octanol–water partition coefficient (Wildman–Crippen LogP) is 1.25. The Balaban J connectivity index is 2.84. The Morgan fingerprint density at radius 3 is 2.91 bits per heavy atom. The molecule has 2 heteroatoms. The third-order valence-corrected chi connectivity index (χ3v) is 1.30. The van der Waals surface area contributed by atoms with Crippen molar-refractivity contribution in [2.45, 2.75) is 6.42 Å². The standard InChI is InChI=1S/C9H8N2/c1-2-8-3-4-9(5-6-10)11-7-8/h1,3-4,6-7,10H,5H2. The van der Waals surface area contributed by atoms with E-state index in [-0.39, 0.29) is 0 Å². The van der Waals surface area contributed by atoms with Crippen LogP contribution in [0.2, 0.25) is 0 Å². The first-order valence-electron chi connectivity index (χ1n) is 3.27. The number of aromatic nitrogens is 1. The Hall–Kier alpha value is -1.62. The second-order valence-electron chi connectivity index (χ2n) is 2.09. The number of nitrogens with zero attached hydrogens (tertiary/aromatic N) is 1. The topological polar surface area (TPSA) is 36.7 Å². The molecule has 1 aromatic heterocycles. The van der Waals surface area contributed by atoms with Crippen molar-refractivity contribution in [1.29, 1.82) is 5.41 Å². The van der Waals surface area contributed by atoms with E-state index in [4.69, 9.17) is 11.8 Å². The molecule has 0 amide bonds. The van der Waals surface area contributed by atoms with Crippen LogP contribution in [0.3, 0.4) is 0 Å². The van der Waals surface area contributed by atoms with Gasteiger partial charge < -0.3 is 5.41 Å². The summed E-state index contributed by atoms with van der Waals surface area (Å²) in [5, 5.41) is 6.83. The van der Waals surface area contributed by atoms with E-state index in [1.165, 1.54) is 6.21 Å². The van der Waals surface area contributed by atoms with Gasteiger partial charge in [0.15, 0.2) is 0 Å². The molecule has 0 aliphatic heterocycles. The maximum absolute atomic E-state index is 6.83. The summed E-state index contributed by atoms with van der Waals surface area (Å²) < 4.78 is 0. The molecule has 0 saturated heterocycles. The summed E-state index contributed by atoms with van der Waals surface area (Å²) in [4.78, 5) is 4.05. The molecular weight excluding hydrogens is 136 g/mol. The van der Waals surface area contributed by atoms with E-state index in [0.29, 0.717) is 6.42 Å². The van der Waals surface area contributed by atoms with Crippen LogP contribution in [0.5, 0.6) is 0 Å². The van der Waals surface area contributed by atoms with Crippen molar-refractivity contribution in [3.63, 3.8) is 0 Å². The molecule has 0 bridgehead atoms. The highest BCUT2D eigenvalue weighted by Crippen LogP contribution is 1.97. The number of terminal acetylenes is 1. The van der Waals surface area contributed by atoms with Gasteiger partial charge in [-0.05, 0) is 12.1 Å². The van der Waals surface area contributed by atoms with Crippen molar-refractivity contribution >= 4 is 6.21 Å². The molecule has 0 atom stereocenters. The Morgan fingerprint density at radius 1 is 1.64 bits per heavy atom.